The number of amides is 1. The lowest BCUT2D eigenvalue weighted by Gasteiger charge is -2.40. The highest BCUT2D eigenvalue weighted by Gasteiger charge is 2.35. The third kappa shape index (κ3) is 5.45. The number of carbonyl (C=O) groups is 1. The van der Waals surface area contributed by atoms with Gasteiger partial charge in [0.2, 0.25) is 0 Å². The van der Waals surface area contributed by atoms with Crippen molar-refractivity contribution in [3.63, 3.8) is 0 Å². The lowest BCUT2D eigenvalue weighted by Crippen LogP contribution is -2.48. The first-order valence-corrected chi connectivity index (χ1v) is 10.6. The molecule has 1 amide bonds. The highest BCUT2D eigenvalue weighted by molar-refractivity contribution is 8.01. The number of nitrogens with zero attached hydrogens (tertiary/aromatic N) is 2. The molecule has 4 nitrogen and oxygen atoms in total. The Hall–Kier alpha value is -1.10. The second-order valence-corrected chi connectivity index (χ2v) is 7.91. The molecule has 144 valence electrons. The fourth-order valence-electron chi connectivity index (χ4n) is 2.98. The van der Waals surface area contributed by atoms with Crippen molar-refractivity contribution in [1.82, 2.24) is 9.21 Å². The Bertz CT molecular complexity index is 621. The normalized spacial score (nSPS) is 22.9. The van der Waals surface area contributed by atoms with Gasteiger partial charge in [-0.25, -0.2) is 13.5 Å². The zero-order valence-corrected chi connectivity index (χ0v) is 17.5. The number of hydrogen-bond donors (Lipinski definition) is 0. The van der Waals surface area contributed by atoms with E-state index in [1.54, 1.807) is 4.90 Å². The summed E-state index contributed by atoms with van der Waals surface area (Å²) in [5, 5.41) is 0. The predicted molar refractivity (Wildman–Crippen MR) is 110 cm³/mol. The first kappa shape index (κ1) is 21.2. The second kappa shape index (κ2) is 10.3. The summed E-state index contributed by atoms with van der Waals surface area (Å²) in [6, 6.07) is 0.0700. The standard InChI is InChI=1S/C19H28FN2O2PS/c1-4-5-6-7-16-12-24-19(23)22(15(16)3)17-8-10-21(11-9-17)26-18(13-25)14(2)20/h5-7,17H,3-4,8-13,25H2,1-2H3/b6-5-,16-7-,18-14-. The van der Waals surface area contributed by atoms with Crippen molar-refractivity contribution in [2.45, 2.75) is 39.2 Å². The molecule has 0 saturated carbocycles. The number of hydrogen-bond acceptors (Lipinski definition) is 4. The average Bonchev–Trinajstić information content (AvgIpc) is 2.62. The Morgan fingerprint density at radius 1 is 1.46 bits per heavy atom. The summed E-state index contributed by atoms with van der Waals surface area (Å²) in [5.74, 6) is -0.130. The molecular weight excluding hydrogens is 370 g/mol. The van der Waals surface area contributed by atoms with Gasteiger partial charge in [0, 0.05) is 35.3 Å². The van der Waals surface area contributed by atoms with E-state index in [-0.39, 0.29) is 24.6 Å². The van der Waals surface area contributed by atoms with Crippen LogP contribution >= 0.6 is 21.2 Å². The largest absolute Gasteiger partial charge is 0.444 e. The summed E-state index contributed by atoms with van der Waals surface area (Å²) in [5.41, 5.74) is 1.67. The molecule has 7 heteroatoms. The minimum atomic E-state index is -0.317. The molecule has 0 aromatic rings. The minimum absolute atomic E-state index is 0.0700. The zero-order valence-electron chi connectivity index (χ0n) is 15.5. The van der Waals surface area contributed by atoms with Crippen LogP contribution in [0.15, 0.2) is 46.8 Å². The summed E-state index contributed by atoms with van der Waals surface area (Å²) in [6.45, 7) is 9.56. The van der Waals surface area contributed by atoms with Crippen molar-refractivity contribution in [2.24, 2.45) is 0 Å². The third-order valence-corrected chi connectivity index (χ3v) is 6.47. The summed E-state index contributed by atoms with van der Waals surface area (Å²) < 4.78 is 21.0. The van der Waals surface area contributed by atoms with Crippen LogP contribution in [0.5, 0.6) is 0 Å². The SMILES string of the molecule is C=C1/C(=C\C=C/CC)COC(=O)N1C1CCN(S/C(CP)=C(/C)F)CC1. The number of piperidine rings is 1. The molecule has 0 aromatic heterocycles. The predicted octanol–water partition coefficient (Wildman–Crippen LogP) is 5.03. The molecule has 0 spiro atoms. The van der Waals surface area contributed by atoms with Crippen LogP contribution in [0, 0.1) is 0 Å². The molecule has 0 bridgehead atoms. The molecule has 0 aromatic carbocycles. The first-order valence-electron chi connectivity index (χ1n) is 8.97. The van der Waals surface area contributed by atoms with Crippen molar-refractivity contribution < 1.29 is 13.9 Å². The second-order valence-electron chi connectivity index (χ2n) is 6.31. The van der Waals surface area contributed by atoms with Gasteiger partial charge in [0.1, 0.15) is 12.4 Å². The molecule has 2 saturated heterocycles. The maximum absolute atomic E-state index is 13.5. The Balaban J connectivity index is 1.99. The quantitative estimate of drug-likeness (QED) is 0.464. The Labute approximate surface area is 162 Å². The van der Waals surface area contributed by atoms with E-state index in [2.05, 4.69) is 33.1 Å². The van der Waals surface area contributed by atoms with E-state index < -0.39 is 0 Å². The smallest absolute Gasteiger partial charge is 0.414 e. The molecular formula is C19H28FN2O2PS. The number of allylic oxidation sites excluding steroid dienone is 5. The van der Waals surface area contributed by atoms with Crippen LogP contribution in [-0.4, -0.2) is 47.2 Å². The maximum Gasteiger partial charge on any atom is 0.414 e. The molecule has 1 atom stereocenters. The van der Waals surface area contributed by atoms with Gasteiger partial charge in [-0.1, -0.05) is 31.7 Å². The molecule has 2 aliphatic rings. The first-order chi connectivity index (χ1) is 12.5. The molecule has 0 aliphatic carbocycles. The van der Waals surface area contributed by atoms with Gasteiger partial charge in [-0.05, 0) is 44.3 Å². The molecule has 2 fully saturated rings. The summed E-state index contributed by atoms with van der Waals surface area (Å²) in [6.07, 6.45) is 8.89. The monoisotopic (exact) mass is 398 g/mol. The Morgan fingerprint density at radius 2 is 2.15 bits per heavy atom. The van der Waals surface area contributed by atoms with E-state index in [9.17, 15) is 9.18 Å². The van der Waals surface area contributed by atoms with Crippen LogP contribution < -0.4 is 0 Å². The molecule has 2 heterocycles. The van der Waals surface area contributed by atoms with E-state index in [0.717, 1.165) is 48.5 Å². The van der Waals surface area contributed by atoms with Gasteiger partial charge in [0.05, 0.1) is 0 Å². The van der Waals surface area contributed by atoms with E-state index in [0.29, 0.717) is 6.16 Å². The summed E-state index contributed by atoms with van der Waals surface area (Å²) in [7, 11) is 2.57. The molecule has 0 N–H and O–H groups in total. The van der Waals surface area contributed by atoms with Gasteiger partial charge < -0.3 is 4.74 Å². The lowest BCUT2D eigenvalue weighted by atomic mass is 10.0. The van der Waals surface area contributed by atoms with Gasteiger partial charge in [-0.2, -0.15) is 0 Å². The van der Waals surface area contributed by atoms with Crippen molar-refractivity contribution in [3.05, 3.63) is 46.8 Å². The van der Waals surface area contributed by atoms with Gasteiger partial charge in [0.25, 0.3) is 0 Å². The van der Waals surface area contributed by atoms with E-state index in [1.807, 2.05) is 12.2 Å². The van der Waals surface area contributed by atoms with Crippen LogP contribution in [0.3, 0.4) is 0 Å². The van der Waals surface area contributed by atoms with Crippen molar-refractivity contribution in [2.75, 3.05) is 25.9 Å². The molecule has 26 heavy (non-hydrogen) atoms. The van der Waals surface area contributed by atoms with Crippen LogP contribution in [-0.2, 0) is 4.74 Å². The van der Waals surface area contributed by atoms with E-state index >= 15 is 0 Å². The Kier molecular flexibility index (Phi) is 8.39. The molecule has 2 aliphatic heterocycles. The minimum Gasteiger partial charge on any atom is -0.444 e. The van der Waals surface area contributed by atoms with Gasteiger partial charge in [-0.15, -0.1) is 9.24 Å². The highest BCUT2D eigenvalue weighted by atomic mass is 32.2. The number of halogens is 1. The van der Waals surface area contributed by atoms with E-state index in [1.165, 1.54) is 18.9 Å². The van der Waals surface area contributed by atoms with Gasteiger partial charge in [-0.3, -0.25) is 4.90 Å². The van der Waals surface area contributed by atoms with Crippen LogP contribution in [0.2, 0.25) is 0 Å². The van der Waals surface area contributed by atoms with Crippen molar-refractivity contribution in [3.8, 4) is 0 Å². The fourth-order valence-corrected chi connectivity index (χ4v) is 4.39. The summed E-state index contributed by atoms with van der Waals surface area (Å²) >= 11 is 1.48. The van der Waals surface area contributed by atoms with Crippen molar-refractivity contribution in [1.29, 1.82) is 0 Å². The number of carbonyl (C=O) groups excluding carboxylic acids is 1. The van der Waals surface area contributed by atoms with Gasteiger partial charge in [0.15, 0.2) is 0 Å². The number of ether oxygens (including phenoxy) is 1. The third-order valence-electron chi connectivity index (χ3n) is 4.48. The van der Waals surface area contributed by atoms with Crippen LogP contribution in [0.25, 0.3) is 0 Å². The number of cyclic esters (lactones) is 1. The lowest BCUT2D eigenvalue weighted by molar-refractivity contribution is 0.0829. The number of rotatable bonds is 6. The summed E-state index contributed by atoms with van der Waals surface area (Å²) in [4.78, 5) is 14.7. The van der Waals surface area contributed by atoms with Crippen LogP contribution in [0.1, 0.15) is 33.1 Å². The van der Waals surface area contributed by atoms with Crippen molar-refractivity contribution >= 4 is 27.3 Å². The highest BCUT2D eigenvalue weighted by Crippen LogP contribution is 2.33. The molecule has 1 unspecified atom stereocenters. The van der Waals surface area contributed by atoms with Crippen LogP contribution in [0.4, 0.5) is 9.18 Å². The average molecular weight is 398 g/mol. The fraction of sp³-hybridized carbons (Fsp3) is 0.526. The van der Waals surface area contributed by atoms with E-state index in [4.69, 9.17) is 4.74 Å². The van der Waals surface area contributed by atoms with Gasteiger partial charge >= 0.3 is 6.09 Å². The molecule has 2 rings (SSSR count). The Morgan fingerprint density at radius 3 is 2.73 bits per heavy atom. The topological polar surface area (TPSA) is 32.8 Å². The maximum atomic E-state index is 13.5. The molecule has 0 radical (unpaired) electrons. The zero-order chi connectivity index (χ0) is 19.1.